The Kier molecular flexibility index (Phi) is 3.14. The van der Waals surface area contributed by atoms with Crippen molar-refractivity contribution in [1.82, 2.24) is 19.5 Å². The van der Waals surface area contributed by atoms with Crippen LogP contribution in [0.1, 0.15) is 0 Å². The van der Waals surface area contributed by atoms with Gasteiger partial charge in [-0.3, -0.25) is 4.98 Å². The van der Waals surface area contributed by atoms with Crippen molar-refractivity contribution in [2.24, 2.45) is 0 Å². The van der Waals surface area contributed by atoms with Gasteiger partial charge in [0, 0.05) is 51.3 Å². The number of benzene rings is 2. The highest BCUT2D eigenvalue weighted by Crippen LogP contribution is 2.33. The van der Waals surface area contributed by atoms with E-state index in [1.807, 2.05) is 36.5 Å². The van der Waals surface area contributed by atoms with Gasteiger partial charge in [0.1, 0.15) is 5.82 Å². The standard InChI is InChI=1S/C24H16N4/c1-2-7-20-17(6-1)24-18-12-14-28(22(18)11-10-21(24)26-20)23-9-3-8-19(27-23)16-5-4-13-25-15-16/h1-15,26H. The Hall–Kier alpha value is -3.92. The molecule has 6 aromatic rings. The summed E-state index contributed by atoms with van der Waals surface area (Å²) in [6.45, 7) is 0. The summed E-state index contributed by atoms with van der Waals surface area (Å²) in [5.41, 5.74) is 5.39. The molecule has 0 spiro atoms. The summed E-state index contributed by atoms with van der Waals surface area (Å²) >= 11 is 0. The van der Waals surface area contributed by atoms with E-state index in [9.17, 15) is 0 Å². The second kappa shape index (κ2) is 5.79. The largest absolute Gasteiger partial charge is 0.354 e. The zero-order chi connectivity index (χ0) is 18.5. The van der Waals surface area contributed by atoms with Gasteiger partial charge in [0.15, 0.2) is 0 Å². The van der Waals surface area contributed by atoms with Crippen LogP contribution in [0.4, 0.5) is 0 Å². The van der Waals surface area contributed by atoms with E-state index in [2.05, 4.69) is 63.2 Å². The second-order valence-corrected chi connectivity index (χ2v) is 6.90. The number of aromatic amines is 1. The monoisotopic (exact) mass is 360 g/mol. The fourth-order valence-corrected chi connectivity index (χ4v) is 4.00. The lowest BCUT2D eigenvalue weighted by Crippen LogP contribution is -1.97. The predicted molar refractivity (Wildman–Crippen MR) is 114 cm³/mol. The number of H-pyrrole nitrogens is 1. The molecule has 0 aliphatic rings. The average Bonchev–Trinajstić information content (AvgIpc) is 3.35. The van der Waals surface area contributed by atoms with Crippen molar-refractivity contribution < 1.29 is 0 Å². The van der Waals surface area contributed by atoms with Crippen LogP contribution in [-0.4, -0.2) is 19.5 Å². The van der Waals surface area contributed by atoms with Crippen LogP contribution in [-0.2, 0) is 0 Å². The van der Waals surface area contributed by atoms with Gasteiger partial charge in [-0.1, -0.05) is 24.3 Å². The van der Waals surface area contributed by atoms with Gasteiger partial charge in [0.05, 0.1) is 11.2 Å². The molecule has 0 aliphatic heterocycles. The second-order valence-electron chi connectivity index (χ2n) is 6.90. The van der Waals surface area contributed by atoms with Crippen molar-refractivity contribution in [1.29, 1.82) is 0 Å². The van der Waals surface area contributed by atoms with Crippen LogP contribution in [0, 0.1) is 0 Å². The lowest BCUT2D eigenvalue weighted by Gasteiger charge is -2.07. The van der Waals surface area contributed by atoms with Gasteiger partial charge in [-0.25, -0.2) is 4.98 Å². The third kappa shape index (κ3) is 2.18. The van der Waals surface area contributed by atoms with Crippen LogP contribution in [0.15, 0.2) is 91.4 Å². The molecule has 0 amide bonds. The quantitative estimate of drug-likeness (QED) is 0.429. The molecule has 2 aromatic carbocycles. The van der Waals surface area contributed by atoms with Crippen molar-refractivity contribution in [2.75, 3.05) is 0 Å². The van der Waals surface area contributed by atoms with Crippen LogP contribution < -0.4 is 0 Å². The van der Waals surface area contributed by atoms with Gasteiger partial charge in [-0.15, -0.1) is 0 Å². The Morgan fingerprint density at radius 3 is 2.64 bits per heavy atom. The molecule has 0 saturated carbocycles. The first kappa shape index (κ1) is 15.2. The SMILES string of the molecule is c1cncc(-c2cccc(-n3ccc4c5c(ccc43)[nH]c3ccccc35)n2)c1. The molecule has 28 heavy (non-hydrogen) atoms. The molecule has 0 atom stereocenters. The lowest BCUT2D eigenvalue weighted by atomic mass is 10.1. The molecule has 6 rings (SSSR count). The Morgan fingerprint density at radius 2 is 1.71 bits per heavy atom. The number of rotatable bonds is 2. The van der Waals surface area contributed by atoms with Gasteiger partial charge in [0.25, 0.3) is 0 Å². The summed E-state index contributed by atoms with van der Waals surface area (Å²) in [6, 6.07) is 25.0. The van der Waals surface area contributed by atoms with Crippen LogP contribution in [0.25, 0.3) is 49.8 Å². The highest BCUT2D eigenvalue weighted by molar-refractivity contribution is 6.19. The van der Waals surface area contributed by atoms with Crippen molar-refractivity contribution in [2.45, 2.75) is 0 Å². The van der Waals surface area contributed by atoms with E-state index in [0.717, 1.165) is 33.6 Å². The average molecular weight is 360 g/mol. The zero-order valence-corrected chi connectivity index (χ0v) is 15.0. The summed E-state index contributed by atoms with van der Waals surface area (Å²) in [6.07, 6.45) is 5.72. The molecule has 0 unspecified atom stereocenters. The Morgan fingerprint density at radius 1 is 0.750 bits per heavy atom. The fourth-order valence-electron chi connectivity index (χ4n) is 4.00. The number of pyridine rings is 2. The van der Waals surface area contributed by atoms with Crippen LogP contribution in [0.2, 0.25) is 0 Å². The highest BCUT2D eigenvalue weighted by atomic mass is 15.1. The topological polar surface area (TPSA) is 46.5 Å². The number of hydrogen-bond donors (Lipinski definition) is 1. The van der Waals surface area contributed by atoms with Crippen LogP contribution >= 0.6 is 0 Å². The number of aromatic nitrogens is 4. The number of fused-ring (bicyclic) bond motifs is 5. The van der Waals surface area contributed by atoms with E-state index in [0.29, 0.717) is 0 Å². The number of nitrogens with zero attached hydrogens (tertiary/aromatic N) is 3. The summed E-state index contributed by atoms with van der Waals surface area (Å²) in [4.78, 5) is 12.6. The number of hydrogen-bond acceptors (Lipinski definition) is 2. The highest BCUT2D eigenvalue weighted by Gasteiger charge is 2.12. The van der Waals surface area contributed by atoms with E-state index in [-0.39, 0.29) is 0 Å². The smallest absolute Gasteiger partial charge is 0.137 e. The molecular weight excluding hydrogens is 344 g/mol. The number of para-hydroxylation sites is 1. The zero-order valence-electron chi connectivity index (χ0n) is 15.0. The van der Waals surface area contributed by atoms with Gasteiger partial charge < -0.3 is 9.55 Å². The molecule has 0 saturated heterocycles. The Balaban J connectivity index is 1.59. The van der Waals surface area contributed by atoms with E-state index >= 15 is 0 Å². The predicted octanol–water partition coefficient (Wildman–Crippen LogP) is 5.72. The van der Waals surface area contributed by atoms with E-state index in [1.54, 1.807) is 6.20 Å². The van der Waals surface area contributed by atoms with Gasteiger partial charge in [-0.05, 0) is 48.5 Å². The van der Waals surface area contributed by atoms with Crippen molar-refractivity contribution in [3.8, 4) is 17.1 Å². The maximum atomic E-state index is 4.88. The van der Waals surface area contributed by atoms with Crippen LogP contribution in [0.3, 0.4) is 0 Å². The first-order valence-corrected chi connectivity index (χ1v) is 9.27. The Bertz CT molecular complexity index is 1460. The van der Waals surface area contributed by atoms with Crippen molar-refractivity contribution in [3.05, 3.63) is 91.4 Å². The minimum atomic E-state index is 0.899. The summed E-state index contributed by atoms with van der Waals surface area (Å²) in [7, 11) is 0. The maximum absolute atomic E-state index is 4.88. The van der Waals surface area contributed by atoms with Crippen molar-refractivity contribution in [3.63, 3.8) is 0 Å². The number of nitrogens with one attached hydrogen (secondary N) is 1. The molecule has 0 bridgehead atoms. The maximum Gasteiger partial charge on any atom is 0.137 e. The molecule has 4 heterocycles. The third-order valence-corrected chi connectivity index (χ3v) is 5.28. The molecule has 0 fully saturated rings. The van der Waals surface area contributed by atoms with E-state index < -0.39 is 0 Å². The molecule has 4 nitrogen and oxygen atoms in total. The third-order valence-electron chi connectivity index (χ3n) is 5.28. The van der Waals surface area contributed by atoms with E-state index in [4.69, 9.17) is 4.98 Å². The van der Waals surface area contributed by atoms with Gasteiger partial charge in [0.2, 0.25) is 0 Å². The van der Waals surface area contributed by atoms with Crippen LogP contribution in [0.5, 0.6) is 0 Å². The Labute approximate surface area is 161 Å². The lowest BCUT2D eigenvalue weighted by molar-refractivity contribution is 1.05. The first-order chi connectivity index (χ1) is 13.9. The molecule has 4 heteroatoms. The van der Waals surface area contributed by atoms with E-state index in [1.165, 1.54) is 16.2 Å². The fraction of sp³-hybridized carbons (Fsp3) is 0. The summed E-state index contributed by atoms with van der Waals surface area (Å²) in [5.74, 6) is 0.899. The van der Waals surface area contributed by atoms with Crippen molar-refractivity contribution >= 4 is 32.7 Å². The summed E-state index contributed by atoms with van der Waals surface area (Å²) in [5, 5.41) is 3.73. The molecule has 0 radical (unpaired) electrons. The minimum absolute atomic E-state index is 0.899. The molecule has 0 aliphatic carbocycles. The molecule has 132 valence electrons. The normalized spacial score (nSPS) is 11.6. The van der Waals surface area contributed by atoms with Gasteiger partial charge >= 0.3 is 0 Å². The van der Waals surface area contributed by atoms with Gasteiger partial charge in [-0.2, -0.15) is 0 Å². The molecule has 4 aromatic heterocycles. The summed E-state index contributed by atoms with van der Waals surface area (Å²) < 4.78 is 2.15. The molecule has 1 N–H and O–H groups in total. The first-order valence-electron chi connectivity index (χ1n) is 9.27. The minimum Gasteiger partial charge on any atom is -0.354 e. The molecular formula is C24H16N4.